The fraction of sp³-hybridized carbons (Fsp3) is 0.647. The van der Waals surface area contributed by atoms with Crippen LogP contribution in [0.3, 0.4) is 0 Å². The number of hydrogen-bond donors (Lipinski definition) is 1. The second-order valence-electron chi connectivity index (χ2n) is 6.07. The molecule has 1 aromatic heterocycles. The predicted molar refractivity (Wildman–Crippen MR) is 88.2 cm³/mol. The summed E-state index contributed by atoms with van der Waals surface area (Å²) in [5, 5.41) is 19.7. The van der Waals surface area contributed by atoms with Crippen LogP contribution in [0.4, 0.5) is 5.82 Å². The maximum absolute atomic E-state index is 9.62. The Morgan fingerprint density at radius 2 is 1.82 bits per heavy atom. The summed E-state index contributed by atoms with van der Waals surface area (Å²) >= 11 is 1.57. The number of aromatic amines is 1. The fourth-order valence-electron chi connectivity index (χ4n) is 3.59. The van der Waals surface area contributed by atoms with Crippen molar-refractivity contribution in [3.8, 4) is 6.07 Å². The summed E-state index contributed by atoms with van der Waals surface area (Å²) in [5.74, 6) is 1.87. The SMILES string of the molecule is N#Cc1c(SCCO)[nH+]c(N2CCCCC2)c2c1CCCC2. The Labute approximate surface area is 136 Å². The van der Waals surface area contributed by atoms with Crippen LogP contribution in [0.5, 0.6) is 0 Å². The number of anilines is 1. The molecule has 2 N–H and O–H groups in total. The molecule has 0 saturated carbocycles. The Bertz CT molecular complexity index is 576. The lowest BCUT2D eigenvalue weighted by molar-refractivity contribution is -0.414. The second-order valence-corrected chi connectivity index (χ2v) is 7.18. The highest BCUT2D eigenvalue weighted by molar-refractivity contribution is 7.99. The van der Waals surface area contributed by atoms with Gasteiger partial charge in [0, 0.05) is 11.3 Å². The third-order valence-electron chi connectivity index (χ3n) is 4.64. The van der Waals surface area contributed by atoms with E-state index in [0.29, 0.717) is 5.75 Å². The van der Waals surface area contributed by atoms with Crippen LogP contribution in [-0.2, 0) is 12.8 Å². The summed E-state index contributed by atoms with van der Waals surface area (Å²) in [6.07, 6.45) is 8.31. The van der Waals surface area contributed by atoms with Crippen molar-refractivity contribution >= 4 is 17.6 Å². The van der Waals surface area contributed by atoms with E-state index in [4.69, 9.17) is 5.11 Å². The van der Waals surface area contributed by atoms with Crippen molar-refractivity contribution < 1.29 is 10.1 Å². The molecule has 0 radical (unpaired) electrons. The number of hydrogen-bond acceptors (Lipinski definition) is 4. The van der Waals surface area contributed by atoms with Gasteiger partial charge in [0.1, 0.15) is 11.6 Å². The van der Waals surface area contributed by atoms with Crippen molar-refractivity contribution in [2.45, 2.75) is 50.0 Å². The molecule has 0 aromatic carbocycles. The molecule has 3 rings (SSSR count). The van der Waals surface area contributed by atoms with Crippen LogP contribution >= 0.6 is 11.8 Å². The first kappa shape index (κ1) is 15.6. The first-order valence-electron chi connectivity index (χ1n) is 8.35. The number of nitrogens with zero attached hydrogens (tertiary/aromatic N) is 2. The van der Waals surface area contributed by atoms with Gasteiger partial charge in [0.05, 0.1) is 19.7 Å². The van der Waals surface area contributed by atoms with Crippen LogP contribution in [-0.4, -0.2) is 30.6 Å². The quantitative estimate of drug-likeness (QED) is 0.866. The lowest BCUT2D eigenvalue weighted by Gasteiger charge is -2.26. The molecule has 0 spiro atoms. The number of thioether (sulfide) groups is 1. The lowest BCUT2D eigenvalue weighted by atomic mass is 9.89. The van der Waals surface area contributed by atoms with Crippen molar-refractivity contribution in [2.24, 2.45) is 0 Å². The average Bonchev–Trinajstić information content (AvgIpc) is 2.59. The number of H-pyrrole nitrogens is 1. The molecule has 5 heteroatoms. The van der Waals surface area contributed by atoms with Crippen LogP contribution in [0.25, 0.3) is 0 Å². The summed E-state index contributed by atoms with van der Waals surface area (Å²) < 4.78 is 0. The van der Waals surface area contributed by atoms with Gasteiger partial charge in [0.25, 0.3) is 5.82 Å². The van der Waals surface area contributed by atoms with Gasteiger partial charge < -0.3 is 5.11 Å². The van der Waals surface area contributed by atoms with Gasteiger partial charge in [-0.05, 0) is 50.5 Å². The molecule has 4 nitrogen and oxygen atoms in total. The predicted octanol–water partition coefficient (Wildman–Crippen LogP) is 2.33. The molecule has 1 aliphatic heterocycles. The van der Waals surface area contributed by atoms with E-state index in [0.717, 1.165) is 36.5 Å². The Hall–Kier alpha value is -1.25. The van der Waals surface area contributed by atoms with Crippen LogP contribution in [0.2, 0.25) is 0 Å². The molecule has 1 fully saturated rings. The van der Waals surface area contributed by atoms with Gasteiger partial charge in [-0.25, -0.2) is 4.98 Å². The first-order chi connectivity index (χ1) is 10.8. The molecule has 0 unspecified atom stereocenters. The molecular weight excluding hydrogens is 294 g/mol. The number of fused-ring (bicyclic) bond motifs is 1. The number of pyridine rings is 1. The number of rotatable bonds is 4. The monoisotopic (exact) mass is 318 g/mol. The van der Waals surface area contributed by atoms with Crippen molar-refractivity contribution in [3.05, 3.63) is 16.7 Å². The molecule has 0 amide bonds. The number of aliphatic hydroxyl groups excluding tert-OH is 1. The largest absolute Gasteiger partial charge is 0.396 e. The molecule has 0 atom stereocenters. The zero-order valence-electron chi connectivity index (χ0n) is 13.0. The van der Waals surface area contributed by atoms with E-state index in [9.17, 15) is 5.26 Å². The summed E-state index contributed by atoms with van der Waals surface area (Å²) in [6.45, 7) is 2.36. The van der Waals surface area contributed by atoms with Gasteiger partial charge >= 0.3 is 0 Å². The maximum Gasteiger partial charge on any atom is 0.278 e. The first-order valence-corrected chi connectivity index (χ1v) is 9.33. The zero-order valence-corrected chi connectivity index (χ0v) is 13.8. The molecule has 22 heavy (non-hydrogen) atoms. The van der Waals surface area contributed by atoms with Crippen LogP contribution in [0.15, 0.2) is 5.03 Å². The highest BCUT2D eigenvalue weighted by atomic mass is 32.2. The van der Waals surface area contributed by atoms with Gasteiger partial charge in [-0.2, -0.15) is 5.26 Å². The number of piperidine rings is 1. The third kappa shape index (κ3) is 3.09. The second kappa shape index (κ2) is 7.34. The Balaban J connectivity index is 2.05. The minimum Gasteiger partial charge on any atom is -0.396 e. The van der Waals surface area contributed by atoms with Crippen molar-refractivity contribution in [1.82, 2.24) is 0 Å². The number of nitrogens with one attached hydrogen (secondary N) is 1. The Kier molecular flexibility index (Phi) is 5.22. The van der Waals surface area contributed by atoms with E-state index in [1.165, 1.54) is 49.0 Å². The molecule has 1 saturated heterocycles. The normalized spacial score (nSPS) is 17.9. The highest BCUT2D eigenvalue weighted by Gasteiger charge is 2.30. The topological polar surface area (TPSA) is 61.4 Å². The fourth-order valence-corrected chi connectivity index (χ4v) is 4.36. The van der Waals surface area contributed by atoms with E-state index in [1.807, 2.05) is 0 Å². The molecule has 1 aromatic rings. The van der Waals surface area contributed by atoms with Gasteiger partial charge in [-0.1, -0.05) is 11.8 Å². The van der Waals surface area contributed by atoms with Gasteiger partial charge in [0.2, 0.25) is 0 Å². The van der Waals surface area contributed by atoms with Crippen molar-refractivity contribution in [1.29, 1.82) is 5.26 Å². The van der Waals surface area contributed by atoms with Crippen molar-refractivity contribution in [3.63, 3.8) is 0 Å². The highest BCUT2D eigenvalue weighted by Crippen LogP contribution is 2.34. The molecule has 1 aliphatic carbocycles. The molecule has 0 bridgehead atoms. The minimum absolute atomic E-state index is 0.138. The molecule has 118 valence electrons. The van der Waals surface area contributed by atoms with Crippen LogP contribution in [0.1, 0.15) is 48.8 Å². The maximum atomic E-state index is 9.62. The molecule has 2 heterocycles. The number of aromatic nitrogens is 1. The summed E-state index contributed by atoms with van der Waals surface area (Å²) in [7, 11) is 0. The van der Waals surface area contributed by atoms with Crippen LogP contribution < -0.4 is 9.88 Å². The summed E-state index contributed by atoms with van der Waals surface area (Å²) in [6, 6.07) is 2.41. The number of nitriles is 1. The zero-order chi connectivity index (χ0) is 15.4. The Morgan fingerprint density at radius 1 is 1.09 bits per heavy atom. The average molecular weight is 318 g/mol. The third-order valence-corrected chi connectivity index (χ3v) is 5.62. The van der Waals surface area contributed by atoms with Gasteiger partial charge in [-0.15, -0.1) is 0 Å². The Morgan fingerprint density at radius 3 is 2.50 bits per heavy atom. The lowest BCUT2D eigenvalue weighted by Crippen LogP contribution is -2.37. The van der Waals surface area contributed by atoms with E-state index < -0.39 is 0 Å². The summed E-state index contributed by atoms with van der Waals surface area (Å²) in [4.78, 5) is 6.02. The van der Waals surface area contributed by atoms with E-state index >= 15 is 0 Å². The van der Waals surface area contributed by atoms with E-state index in [-0.39, 0.29) is 6.61 Å². The van der Waals surface area contributed by atoms with Crippen molar-refractivity contribution in [2.75, 3.05) is 30.3 Å². The van der Waals surface area contributed by atoms with Gasteiger partial charge in [-0.3, -0.25) is 4.90 Å². The van der Waals surface area contributed by atoms with E-state index in [1.54, 1.807) is 11.8 Å². The van der Waals surface area contributed by atoms with E-state index in [2.05, 4.69) is 16.0 Å². The number of aliphatic hydroxyl groups is 1. The molecular formula is C17H24N3OS+. The standard InChI is InChI=1S/C17H23N3OS/c18-12-15-13-6-2-3-7-14(13)16(19-17(15)22-11-10-21)20-8-4-1-5-9-20/h21H,1-11H2/p+1. The van der Waals surface area contributed by atoms with Crippen LogP contribution in [0, 0.1) is 11.3 Å². The van der Waals surface area contributed by atoms with Gasteiger partial charge in [0.15, 0.2) is 5.03 Å². The molecule has 2 aliphatic rings. The smallest absolute Gasteiger partial charge is 0.278 e. The summed E-state index contributed by atoms with van der Waals surface area (Å²) in [5.41, 5.74) is 3.44. The minimum atomic E-state index is 0.138.